The number of hydrogen-bond donors (Lipinski definition) is 2. The molecule has 0 aliphatic carbocycles. The second kappa shape index (κ2) is 5.51. The third-order valence-corrected chi connectivity index (χ3v) is 5.36. The van der Waals surface area contributed by atoms with Crippen molar-refractivity contribution in [3.8, 4) is 11.1 Å². The molecule has 0 saturated carbocycles. The van der Waals surface area contributed by atoms with E-state index in [0.717, 1.165) is 0 Å². The summed E-state index contributed by atoms with van der Waals surface area (Å²) in [7, 11) is 0. The van der Waals surface area contributed by atoms with Crippen molar-refractivity contribution in [3.05, 3.63) is 59.9 Å². The van der Waals surface area contributed by atoms with E-state index >= 15 is 0 Å². The maximum absolute atomic E-state index is 3.50. The van der Waals surface area contributed by atoms with E-state index in [0.29, 0.717) is 0 Å². The third kappa shape index (κ3) is 2.74. The second-order valence-corrected chi connectivity index (χ2v) is 9.43. The summed E-state index contributed by atoms with van der Waals surface area (Å²) in [5.74, 6) is 0. The van der Waals surface area contributed by atoms with Crippen molar-refractivity contribution < 1.29 is 0 Å². The molecule has 0 saturated heterocycles. The van der Waals surface area contributed by atoms with Gasteiger partial charge in [0.25, 0.3) is 0 Å². The summed E-state index contributed by atoms with van der Waals surface area (Å²) < 4.78 is 0. The molecule has 2 heteroatoms. The summed E-state index contributed by atoms with van der Waals surface area (Å²) in [6.07, 6.45) is 4.19. The number of benzene rings is 2. The Balaban J connectivity index is 1.97. The number of aromatic nitrogens is 2. The van der Waals surface area contributed by atoms with Gasteiger partial charge in [0, 0.05) is 39.8 Å². The Morgan fingerprint density at radius 1 is 0.692 bits per heavy atom. The Bertz CT molecular complexity index is 1090. The molecule has 0 fully saturated rings. The summed E-state index contributed by atoms with van der Waals surface area (Å²) in [5, 5.41) is 2.55. The zero-order chi connectivity index (χ0) is 18.7. The SMILES string of the molecule is CC(C)(C)c1cc(-c2c[nH]c3cc(C(C)(C)C)ccc23)c2[nH]ccc2c1. The lowest BCUT2D eigenvalue weighted by Gasteiger charge is -2.21. The smallest absolute Gasteiger partial charge is 0.0534 e. The molecule has 0 aliphatic rings. The van der Waals surface area contributed by atoms with Gasteiger partial charge in [0.1, 0.15) is 0 Å². The summed E-state index contributed by atoms with van der Waals surface area (Å²) >= 11 is 0. The van der Waals surface area contributed by atoms with Crippen LogP contribution in [0.4, 0.5) is 0 Å². The molecule has 2 N–H and O–H groups in total. The molecule has 4 aromatic rings. The first-order valence-electron chi connectivity index (χ1n) is 9.38. The van der Waals surface area contributed by atoms with E-state index < -0.39 is 0 Å². The Labute approximate surface area is 155 Å². The summed E-state index contributed by atoms with van der Waals surface area (Å²) in [6.45, 7) is 13.6. The predicted octanol–water partition coefficient (Wildman–Crippen LogP) is 6.91. The standard InChI is InChI=1S/C24H28N2/c1-23(2,3)16-7-8-18-20(14-26-21(18)13-16)19-12-17(24(4,5)6)11-15-9-10-25-22(15)19/h7-14,25-26H,1-6H3. The van der Waals surface area contributed by atoms with Gasteiger partial charge >= 0.3 is 0 Å². The highest BCUT2D eigenvalue weighted by molar-refractivity contribution is 6.04. The molecule has 0 spiro atoms. The monoisotopic (exact) mass is 344 g/mol. The zero-order valence-electron chi connectivity index (χ0n) is 16.6. The quantitative estimate of drug-likeness (QED) is 0.376. The lowest BCUT2D eigenvalue weighted by molar-refractivity contribution is 0.591. The molecular formula is C24H28N2. The van der Waals surface area contributed by atoms with E-state index in [1.807, 2.05) is 6.20 Å². The van der Waals surface area contributed by atoms with Crippen LogP contribution in [0.1, 0.15) is 52.7 Å². The molecule has 2 heterocycles. The van der Waals surface area contributed by atoms with Gasteiger partial charge in [0.2, 0.25) is 0 Å². The molecule has 0 bridgehead atoms. The lowest BCUT2D eigenvalue weighted by Crippen LogP contribution is -2.11. The van der Waals surface area contributed by atoms with Gasteiger partial charge in [-0.05, 0) is 46.2 Å². The minimum Gasteiger partial charge on any atom is -0.361 e. The van der Waals surface area contributed by atoms with Crippen molar-refractivity contribution in [2.24, 2.45) is 0 Å². The fourth-order valence-electron chi connectivity index (χ4n) is 3.63. The maximum Gasteiger partial charge on any atom is 0.0534 e. The van der Waals surface area contributed by atoms with Crippen molar-refractivity contribution in [1.82, 2.24) is 9.97 Å². The Kier molecular flexibility index (Phi) is 3.59. The zero-order valence-corrected chi connectivity index (χ0v) is 16.6. The Morgan fingerprint density at radius 3 is 2.12 bits per heavy atom. The van der Waals surface area contributed by atoms with Crippen LogP contribution in [0.3, 0.4) is 0 Å². The van der Waals surface area contributed by atoms with Crippen LogP contribution >= 0.6 is 0 Å². The number of aromatic amines is 2. The first-order valence-corrected chi connectivity index (χ1v) is 9.38. The fourth-order valence-corrected chi connectivity index (χ4v) is 3.63. The largest absolute Gasteiger partial charge is 0.361 e. The average Bonchev–Trinajstić information content (AvgIpc) is 3.18. The first kappa shape index (κ1) is 17.0. The molecule has 2 aromatic heterocycles. The van der Waals surface area contributed by atoms with Gasteiger partial charge in [0.05, 0.1) is 5.52 Å². The van der Waals surface area contributed by atoms with E-state index in [4.69, 9.17) is 0 Å². The Hall–Kier alpha value is -2.48. The second-order valence-electron chi connectivity index (χ2n) is 9.43. The summed E-state index contributed by atoms with van der Waals surface area (Å²) in [5.41, 5.74) is 7.93. The normalized spacial score (nSPS) is 13.0. The van der Waals surface area contributed by atoms with Gasteiger partial charge in [-0.25, -0.2) is 0 Å². The van der Waals surface area contributed by atoms with Crippen LogP contribution in [0, 0.1) is 0 Å². The highest BCUT2D eigenvalue weighted by atomic mass is 14.7. The third-order valence-electron chi connectivity index (χ3n) is 5.36. The van der Waals surface area contributed by atoms with Crippen molar-refractivity contribution in [2.75, 3.05) is 0 Å². The predicted molar refractivity (Wildman–Crippen MR) is 113 cm³/mol. The van der Waals surface area contributed by atoms with Crippen LogP contribution in [0.2, 0.25) is 0 Å². The molecular weight excluding hydrogens is 316 g/mol. The summed E-state index contributed by atoms with van der Waals surface area (Å²) in [6, 6.07) is 13.6. The number of rotatable bonds is 1. The lowest BCUT2D eigenvalue weighted by atomic mass is 9.84. The number of hydrogen-bond acceptors (Lipinski definition) is 0. The van der Waals surface area contributed by atoms with Gasteiger partial charge in [0.15, 0.2) is 0 Å². The van der Waals surface area contributed by atoms with Crippen LogP contribution in [0.25, 0.3) is 32.9 Å². The van der Waals surface area contributed by atoms with Crippen molar-refractivity contribution in [3.63, 3.8) is 0 Å². The molecule has 0 radical (unpaired) electrons. The average molecular weight is 345 g/mol. The molecule has 0 unspecified atom stereocenters. The van der Waals surface area contributed by atoms with Gasteiger partial charge in [-0.2, -0.15) is 0 Å². The van der Waals surface area contributed by atoms with Gasteiger partial charge in [-0.15, -0.1) is 0 Å². The van der Waals surface area contributed by atoms with Crippen LogP contribution in [0.15, 0.2) is 48.8 Å². The van der Waals surface area contributed by atoms with Crippen LogP contribution in [0.5, 0.6) is 0 Å². The van der Waals surface area contributed by atoms with Crippen LogP contribution < -0.4 is 0 Å². The number of nitrogens with one attached hydrogen (secondary N) is 2. The van der Waals surface area contributed by atoms with Crippen LogP contribution in [-0.2, 0) is 10.8 Å². The number of H-pyrrole nitrogens is 2. The first-order chi connectivity index (χ1) is 12.1. The van der Waals surface area contributed by atoms with Crippen molar-refractivity contribution in [2.45, 2.75) is 52.4 Å². The maximum atomic E-state index is 3.50. The Morgan fingerprint density at radius 2 is 1.42 bits per heavy atom. The van der Waals surface area contributed by atoms with Gasteiger partial charge in [-0.1, -0.05) is 53.7 Å². The highest BCUT2D eigenvalue weighted by Gasteiger charge is 2.20. The van der Waals surface area contributed by atoms with E-state index in [9.17, 15) is 0 Å². The van der Waals surface area contributed by atoms with E-state index in [1.165, 1.54) is 44.1 Å². The van der Waals surface area contributed by atoms with E-state index in [1.54, 1.807) is 0 Å². The van der Waals surface area contributed by atoms with E-state index in [-0.39, 0.29) is 10.8 Å². The molecule has 2 aromatic carbocycles. The fraction of sp³-hybridized carbons (Fsp3) is 0.333. The summed E-state index contributed by atoms with van der Waals surface area (Å²) in [4.78, 5) is 6.94. The van der Waals surface area contributed by atoms with Gasteiger partial charge in [-0.3, -0.25) is 0 Å². The molecule has 4 rings (SSSR count). The molecule has 134 valence electrons. The minimum atomic E-state index is 0.117. The molecule has 2 nitrogen and oxygen atoms in total. The topological polar surface area (TPSA) is 31.6 Å². The number of fused-ring (bicyclic) bond motifs is 2. The highest BCUT2D eigenvalue weighted by Crippen LogP contribution is 2.38. The van der Waals surface area contributed by atoms with Crippen LogP contribution in [-0.4, -0.2) is 9.97 Å². The molecule has 0 atom stereocenters. The minimum absolute atomic E-state index is 0.117. The van der Waals surface area contributed by atoms with Crippen molar-refractivity contribution >= 4 is 21.8 Å². The van der Waals surface area contributed by atoms with Crippen molar-refractivity contribution in [1.29, 1.82) is 0 Å². The molecule has 0 aliphatic heterocycles. The van der Waals surface area contributed by atoms with Gasteiger partial charge < -0.3 is 9.97 Å². The molecule has 0 amide bonds. The van der Waals surface area contributed by atoms with E-state index in [2.05, 4.69) is 94.1 Å². The molecule has 26 heavy (non-hydrogen) atoms.